The summed E-state index contributed by atoms with van der Waals surface area (Å²) in [6.07, 6.45) is 5.44. The van der Waals surface area contributed by atoms with E-state index < -0.39 is 0 Å². The van der Waals surface area contributed by atoms with E-state index in [1.807, 2.05) is 37.7 Å². The Morgan fingerprint density at radius 1 is 1.21 bits per heavy atom. The Bertz CT molecular complexity index is 1190. The summed E-state index contributed by atoms with van der Waals surface area (Å²) in [7, 11) is 3.94. The van der Waals surface area contributed by atoms with Gasteiger partial charge in [0.1, 0.15) is 0 Å². The van der Waals surface area contributed by atoms with Crippen LogP contribution in [0.15, 0.2) is 30.3 Å². The van der Waals surface area contributed by atoms with Crippen LogP contribution in [-0.2, 0) is 13.5 Å². The van der Waals surface area contributed by atoms with Gasteiger partial charge in [-0.15, -0.1) is 0 Å². The second-order valence-electron chi connectivity index (χ2n) is 8.55. The van der Waals surface area contributed by atoms with Crippen LogP contribution in [0, 0.1) is 18.3 Å². The maximum atomic E-state index is 11.1. The van der Waals surface area contributed by atoms with Crippen molar-refractivity contribution < 1.29 is 9.90 Å². The summed E-state index contributed by atoms with van der Waals surface area (Å²) < 4.78 is 2.03. The summed E-state index contributed by atoms with van der Waals surface area (Å²) >= 11 is 12.6. The van der Waals surface area contributed by atoms with E-state index in [9.17, 15) is 4.79 Å². The highest BCUT2D eigenvalue weighted by atomic mass is 35.5. The normalized spacial score (nSPS) is 17.8. The molecule has 5 nitrogen and oxygen atoms in total. The Morgan fingerprint density at radius 3 is 2.52 bits per heavy atom. The number of halogens is 2. The number of aliphatic hydroxyl groups excluding tert-OH is 1. The Labute approximate surface area is 204 Å². The summed E-state index contributed by atoms with van der Waals surface area (Å²) in [6.45, 7) is 1.99. The highest BCUT2D eigenvalue weighted by Gasteiger charge is 2.17. The fourth-order valence-corrected chi connectivity index (χ4v) is 4.86. The highest BCUT2D eigenvalue weighted by Crippen LogP contribution is 2.32. The number of hydrogen-bond acceptors (Lipinski definition) is 4. The monoisotopic (exact) mass is 485 g/mol. The topological polar surface area (TPSA) is 78.1 Å². The Hall–Kier alpha value is -2.36. The molecule has 0 spiro atoms. The van der Waals surface area contributed by atoms with Crippen molar-refractivity contribution in [3.05, 3.63) is 68.3 Å². The van der Waals surface area contributed by atoms with Crippen molar-refractivity contribution in [1.29, 1.82) is 5.26 Å². The van der Waals surface area contributed by atoms with Gasteiger partial charge in [0.15, 0.2) is 6.29 Å². The molecule has 174 valence electrons. The number of carbonyl (C=O) groups excluding carboxylic acids is 1. The number of rotatable bonds is 4. The smallest absolute Gasteiger partial charge is 0.151 e. The van der Waals surface area contributed by atoms with Crippen LogP contribution in [-0.4, -0.2) is 35.2 Å². The van der Waals surface area contributed by atoms with Gasteiger partial charge in [-0.25, -0.2) is 0 Å². The van der Waals surface area contributed by atoms with E-state index in [-0.39, 0.29) is 6.10 Å². The molecule has 7 heteroatoms. The lowest BCUT2D eigenvalue weighted by molar-refractivity contribution is 0.112. The Balaban J connectivity index is 0.000000286. The van der Waals surface area contributed by atoms with Gasteiger partial charge >= 0.3 is 0 Å². The van der Waals surface area contributed by atoms with Crippen LogP contribution in [0.4, 0.5) is 0 Å². The number of nitriles is 1. The first-order chi connectivity index (χ1) is 15.8. The number of benzene rings is 2. The van der Waals surface area contributed by atoms with Crippen LogP contribution in [0.1, 0.15) is 58.4 Å². The molecule has 0 atom stereocenters. The van der Waals surface area contributed by atoms with Crippen LogP contribution in [0.2, 0.25) is 10.0 Å². The zero-order valence-corrected chi connectivity index (χ0v) is 20.7. The Morgan fingerprint density at radius 2 is 1.91 bits per heavy atom. The number of carbonyl (C=O) groups is 1. The third-order valence-electron chi connectivity index (χ3n) is 6.40. The number of nitrogens with zero attached hydrogens (tertiary/aromatic N) is 2. The molecule has 1 saturated carbocycles. The van der Waals surface area contributed by atoms with Crippen molar-refractivity contribution in [2.45, 2.75) is 51.2 Å². The average molecular weight is 486 g/mol. The van der Waals surface area contributed by atoms with Gasteiger partial charge in [-0.05, 0) is 81.1 Å². The minimum absolute atomic E-state index is 0.0189. The van der Waals surface area contributed by atoms with E-state index in [0.29, 0.717) is 33.6 Å². The summed E-state index contributed by atoms with van der Waals surface area (Å²) in [4.78, 5) is 11.1. The maximum Gasteiger partial charge on any atom is 0.151 e. The van der Waals surface area contributed by atoms with Crippen LogP contribution >= 0.6 is 23.2 Å². The molecular weight excluding hydrogens is 457 g/mol. The minimum Gasteiger partial charge on any atom is -0.393 e. The predicted molar refractivity (Wildman–Crippen MR) is 134 cm³/mol. The number of aromatic nitrogens is 1. The number of hydrogen-bond donors (Lipinski definition) is 2. The average Bonchev–Trinajstić information content (AvgIpc) is 3.13. The standard InChI is InChI=1S/C19H14Cl2N2O.C7H15NO/c1-11-5-12(9-22)6-18-15(11)7-14(23(18)2)8-16-17(20)4-3-13(10-24)19(16)21;1-8-6-2-4-7(9)5-3-6/h3-7,10H,8H2,1-2H3;6-9H,2-5H2,1H3. The second kappa shape index (κ2) is 11.2. The van der Waals surface area contributed by atoms with E-state index in [2.05, 4.69) is 17.5 Å². The van der Waals surface area contributed by atoms with E-state index in [1.54, 1.807) is 12.1 Å². The molecule has 0 radical (unpaired) electrons. The number of aliphatic hydroxyl groups is 1. The highest BCUT2D eigenvalue weighted by molar-refractivity contribution is 6.37. The molecular formula is C26H29Cl2N3O2. The molecule has 1 aromatic heterocycles. The molecule has 1 aliphatic carbocycles. The first-order valence-electron chi connectivity index (χ1n) is 11.1. The van der Waals surface area contributed by atoms with Gasteiger partial charge in [-0.3, -0.25) is 4.79 Å². The van der Waals surface area contributed by atoms with Crippen molar-refractivity contribution in [2.24, 2.45) is 7.05 Å². The first kappa shape index (κ1) is 25.3. The van der Waals surface area contributed by atoms with E-state index in [0.717, 1.165) is 59.7 Å². The summed E-state index contributed by atoms with van der Waals surface area (Å²) in [5, 5.41) is 23.5. The number of aryl methyl sites for hydroxylation is 2. The quantitative estimate of drug-likeness (QED) is 0.472. The molecule has 1 heterocycles. The zero-order chi connectivity index (χ0) is 24.1. The van der Waals surface area contributed by atoms with E-state index in [1.165, 1.54) is 0 Å². The van der Waals surface area contributed by atoms with Gasteiger partial charge in [0.2, 0.25) is 0 Å². The first-order valence-corrected chi connectivity index (χ1v) is 11.8. The van der Waals surface area contributed by atoms with Gasteiger partial charge in [0.25, 0.3) is 0 Å². The van der Waals surface area contributed by atoms with Gasteiger partial charge in [0, 0.05) is 46.7 Å². The number of aldehydes is 1. The fraction of sp³-hybridized carbons (Fsp3) is 0.385. The van der Waals surface area contributed by atoms with Crippen molar-refractivity contribution in [3.8, 4) is 6.07 Å². The fourth-order valence-electron chi connectivity index (χ4n) is 4.31. The number of fused-ring (bicyclic) bond motifs is 1. The van der Waals surface area contributed by atoms with Gasteiger partial charge in [-0.1, -0.05) is 23.2 Å². The molecule has 0 saturated heterocycles. The lowest BCUT2D eigenvalue weighted by Crippen LogP contribution is -2.31. The maximum absolute atomic E-state index is 11.1. The van der Waals surface area contributed by atoms with Crippen molar-refractivity contribution >= 4 is 40.4 Å². The molecule has 1 aliphatic rings. The number of nitrogens with one attached hydrogen (secondary N) is 1. The largest absolute Gasteiger partial charge is 0.393 e. The molecule has 3 aromatic rings. The minimum atomic E-state index is -0.0189. The SMILES string of the molecule is CNC1CCC(O)CC1.Cc1cc(C#N)cc2c1cc(Cc1c(Cl)ccc(C=O)c1Cl)n2C. The lowest BCUT2D eigenvalue weighted by atomic mass is 9.93. The van der Waals surface area contributed by atoms with Gasteiger partial charge < -0.3 is 15.0 Å². The molecule has 0 amide bonds. The molecule has 0 bridgehead atoms. The van der Waals surface area contributed by atoms with Crippen molar-refractivity contribution in [3.63, 3.8) is 0 Å². The summed E-state index contributed by atoms with van der Waals surface area (Å²) in [5.41, 5.74) is 4.83. The predicted octanol–water partition coefficient (Wildman–Crippen LogP) is 5.58. The van der Waals surface area contributed by atoms with Crippen LogP contribution < -0.4 is 5.32 Å². The summed E-state index contributed by atoms with van der Waals surface area (Å²) in [6, 6.07) is 12.0. The van der Waals surface area contributed by atoms with E-state index in [4.69, 9.17) is 33.6 Å². The van der Waals surface area contributed by atoms with Gasteiger partial charge in [-0.2, -0.15) is 5.26 Å². The zero-order valence-electron chi connectivity index (χ0n) is 19.2. The lowest BCUT2D eigenvalue weighted by Gasteiger charge is -2.24. The van der Waals surface area contributed by atoms with Crippen molar-refractivity contribution in [1.82, 2.24) is 9.88 Å². The molecule has 2 N–H and O–H groups in total. The molecule has 4 rings (SSSR count). The molecule has 0 unspecified atom stereocenters. The molecule has 0 aliphatic heterocycles. The van der Waals surface area contributed by atoms with Crippen LogP contribution in [0.5, 0.6) is 0 Å². The third kappa shape index (κ3) is 5.77. The molecule has 2 aromatic carbocycles. The van der Waals surface area contributed by atoms with Crippen molar-refractivity contribution in [2.75, 3.05) is 7.05 Å². The molecule has 1 fully saturated rings. The Kier molecular flexibility index (Phi) is 8.56. The van der Waals surface area contributed by atoms with Crippen LogP contribution in [0.3, 0.4) is 0 Å². The second-order valence-corrected chi connectivity index (χ2v) is 9.34. The molecule has 33 heavy (non-hydrogen) atoms. The third-order valence-corrected chi connectivity index (χ3v) is 7.20. The van der Waals surface area contributed by atoms with Crippen LogP contribution in [0.25, 0.3) is 10.9 Å². The van der Waals surface area contributed by atoms with Gasteiger partial charge in [0.05, 0.1) is 22.8 Å². The van der Waals surface area contributed by atoms with E-state index >= 15 is 0 Å². The summed E-state index contributed by atoms with van der Waals surface area (Å²) in [5.74, 6) is 0.